The Labute approximate surface area is 176 Å². The van der Waals surface area contributed by atoms with Gasteiger partial charge in [-0.2, -0.15) is 4.98 Å². The minimum absolute atomic E-state index is 0.267. The Morgan fingerprint density at radius 2 is 2.14 bits per heavy atom. The Balaban J connectivity index is 1.33. The lowest BCUT2D eigenvalue weighted by Gasteiger charge is -2.08. The number of nitrogens with zero attached hydrogens (tertiary/aromatic N) is 4. The van der Waals surface area contributed by atoms with E-state index in [4.69, 9.17) is 18.7 Å². The highest BCUT2D eigenvalue weighted by molar-refractivity contribution is 8.00. The molecule has 3 aromatic rings. The topological polar surface area (TPSA) is 104 Å². The van der Waals surface area contributed by atoms with Gasteiger partial charge in [-0.3, -0.25) is 0 Å². The van der Waals surface area contributed by atoms with Gasteiger partial charge in [-0.1, -0.05) is 28.3 Å². The molecule has 1 N–H and O–H groups in total. The van der Waals surface area contributed by atoms with Crippen LogP contribution in [0.3, 0.4) is 0 Å². The maximum absolute atomic E-state index is 5.60. The molecule has 1 saturated heterocycles. The summed E-state index contributed by atoms with van der Waals surface area (Å²) < 4.78 is 22.4. The molecular formula is C18H21N5O4S2. The summed E-state index contributed by atoms with van der Waals surface area (Å²) in [6, 6.07) is 5.49. The van der Waals surface area contributed by atoms with Gasteiger partial charge in [0.05, 0.1) is 26.1 Å². The van der Waals surface area contributed by atoms with Crippen molar-refractivity contribution in [2.24, 2.45) is 0 Å². The van der Waals surface area contributed by atoms with Gasteiger partial charge in [0.2, 0.25) is 16.8 Å². The number of ether oxygens (including phenoxy) is 3. The number of thioether (sulfide) groups is 1. The summed E-state index contributed by atoms with van der Waals surface area (Å²) in [6.45, 7) is 1.61. The fourth-order valence-corrected chi connectivity index (χ4v) is 4.47. The van der Waals surface area contributed by atoms with E-state index in [1.807, 2.05) is 18.2 Å². The van der Waals surface area contributed by atoms with Crippen molar-refractivity contribution in [2.75, 3.05) is 32.7 Å². The molecule has 2 aromatic heterocycles. The summed E-state index contributed by atoms with van der Waals surface area (Å²) in [5.74, 6) is 2.79. The van der Waals surface area contributed by atoms with Gasteiger partial charge in [0.25, 0.3) is 0 Å². The van der Waals surface area contributed by atoms with Crippen LogP contribution in [-0.4, -0.2) is 53.8 Å². The molecule has 1 aliphatic rings. The fourth-order valence-electron chi connectivity index (χ4n) is 2.88. The highest BCUT2D eigenvalue weighted by Crippen LogP contribution is 2.32. The normalized spacial score (nSPS) is 16.1. The quantitative estimate of drug-likeness (QED) is 0.502. The van der Waals surface area contributed by atoms with Crippen LogP contribution in [0.25, 0.3) is 11.4 Å². The van der Waals surface area contributed by atoms with Gasteiger partial charge in [0.1, 0.15) is 0 Å². The second kappa shape index (κ2) is 9.42. The maximum atomic E-state index is 5.60. The Morgan fingerprint density at radius 3 is 2.93 bits per heavy atom. The summed E-state index contributed by atoms with van der Waals surface area (Å²) in [5.41, 5.74) is 0.791. The highest BCUT2D eigenvalue weighted by atomic mass is 32.2. The predicted molar refractivity (Wildman–Crippen MR) is 110 cm³/mol. The molecule has 1 aromatic carbocycles. The predicted octanol–water partition coefficient (Wildman–Crippen LogP) is 3.49. The van der Waals surface area contributed by atoms with Gasteiger partial charge in [-0.05, 0) is 31.0 Å². The van der Waals surface area contributed by atoms with Gasteiger partial charge in [0.15, 0.2) is 15.8 Å². The molecule has 0 saturated carbocycles. The zero-order valence-corrected chi connectivity index (χ0v) is 17.7. The van der Waals surface area contributed by atoms with E-state index in [1.54, 1.807) is 14.2 Å². The smallest absolute Gasteiger partial charge is 0.237 e. The largest absolute Gasteiger partial charge is 0.493 e. The number of anilines is 1. The van der Waals surface area contributed by atoms with Crippen molar-refractivity contribution in [3.63, 3.8) is 0 Å². The third-order valence-corrected chi connectivity index (χ3v) is 6.34. The van der Waals surface area contributed by atoms with Gasteiger partial charge in [-0.25, -0.2) is 0 Å². The summed E-state index contributed by atoms with van der Waals surface area (Å²) >= 11 is 3.01. The van der Waals surface area contributed by atoms with Gasteiger partial charge >= 0.3 is 0 Å². The van der Waals surface area contributed by atoms with Crippen molar-refractivity contribution in [3.8, 4) is 22.9 Å². The average Bonchev–Trinajstić information content (AvgIpc) is 3.52. The van der Waals surface area contributed by atoms with Crippen molar-refractivity contribution >= 4 is 28.2 Å². The lowest BCUT2D eigenvalue weighted by molar-refractivity contribution is 0.120. The summed E-state index contributed by atoms with van der Waals surface area (Å²) in [7, 11) is 3.18. The average molecular weight is 436 g/mol. The third kappa shape index (κ3) is 4.98. The Morgan fingerprint density at radius 1 is 1.24 bits per heavy atom. The Bertz CT molecular complexity index is 942. The van der Waals surface area contributed by atoms with Crippen LogP contribution < -0.4 is 14.8 Å². The van der Waals surface area contributed by atoms with Crippen molar-refractivity contribution in [2.45, 2.75) is 29.0 Å². The molecule has 0 unspecified atom stereocenters. The second-order valence-electron chi connectivity index (χ2n) is 6.26. The van der Waals surface area contributed by atoms with Crippen LogP contribution in [0, 0.1) is 0 Å². The van der Waals surface area contributed by atoms with E-state index in [-0.39, 0.29) is 6.10 Å². The Hall–Kier alpha value is -2.37. The molecule has 0 radical (unpaired) electrons. The molecule has 1 fully saturated rings. The van der Waals surface area contributed by atoms with Gasteiger partial charge < -0.3 is 24.1 Å². The highest BCUT2D eigenvalue weighted by Gasteiger charge is 2.16. The lowest BCUT2D eigenvalue weighted by Crippen LogP contribution is -2.18. The number of rotatable bonds is 9. The van der Waals surface area contributed by atoms with E-state index in [0.29, 0.717) is 29.0 Å². The van der Waals surface area contributed by atoms with Gasteiger partial charge in [-0.15, -0.1) is 10.2 Å². The maximum Gasteiger partial charge on any atom is 0.237 e. The molecule has 1 aliphatic heterocycles. The molecule has 0 spiro atoms. The first-order chi connectivity index (χ1) is 14.2. The van der Waals surface area contributed by atoms with Gasteiger partial charge in [0, 0.05) is 18.7 Å². The van der Waals surface area contributed by atoms with E-state index in [2.05, 4.69) is 25.7 Å². The fraction of sp³-hybridized carbons (Fsp3) is 0.444. The second-order valence-corrected chi connectivity index (χ2v) is 8.46. The summed E-state index contributed by atoms with van der Waals surface area (Å²) in [4.78, 5) is 4.45. The summed E-state index contributed by atoms with van der Waals surface area (Å²) in [5, 5.41) is 16.5. The van der Waals surface area contributed by atoms with E-state index in [0.717, 1.165) is 41.0 Å². The third-order valence-electron chi connectivity index (χ3n) is 4.34. The number of aromatic nitrogens is 4. The van der Waals surface area contributed by atoms with Crippen molar-refractivity contribution in [1.82, 2.24) is 20.3 Å². The first-order valence-electron chi connectivity index (χ1n) is 9.12. The van der Waals surface area contributed by atoms with Crippen LogP contribution >= 0.6 is 23.1 Å². The van der Waals surface area contributed by atoms with E-state index < -0.39 is 0 Å². The van der Waals surface area contributed by atoms with Crippen molar-refractivity contribution < 1.29 is 18.7 Å². The SMILES string of the molecule is COc1ccc(-c2noc(CSc3nnc(NC[C@@H]4CCCO4)s3)n2)cc1OC. The molecule has 3 heterocycles. The zero-order chi connectivity index (χ0) is 20.1. The van der Waals surface area contributed by atoms with E-state index in [1.165, 1.54) is 23.1 Å². The van der Waals surface area contributed by atoms with Crippen LogP contribution in [0.1, 0.15) is 18.7 Å². The minimum atomic E-state index is 0.267. The molecule has 0 bridgehead atoms. The standard InChI is InChI=1S/C18H21N5O4S2/c1-24-13-6-5-11(8-14(13)25-2)16-20-15(27-23-16)10-28-18-22-21-17(29-18)19-9-12-4-3-7-26-12/h5-6,8,12H,3-4,7,9-10H2,1-2H3,(H,19,21)/t12-/m0/s1. The number of benzene rings is 1. The van der Waals surface area contributed by atoms with Crippen LogP contribution in [0.5, 0.6) is 11.5 Å². The molecule has 9 nitrogen and oxygen atoms in total. The molecule has 0 amide bonds. The number of nitrogens with one attached hydrogen (secondary N) is 1. The minimum Gasteiger partial charge on any atom is -0.493 e. The van der Waals surface area contributed by atoms with Crippen LogP contribution in [0.15, 0.2) is 27.1 Å². The van der Waals surface area contributed by atoms with Crippen molar-refractivity contribution in [3.05, 3.63) is 24.1 Å². The van der Waals surface area contributed by atoms with Crippen LogP contribution in [-0.2, 0) is 10.5 Å². The zero-order valence-electron chi connectivity index (χ0n) is 16.1. The molecular weight excluding hydrogens is 414 g/mol. The lowest BCUT2D eigenvalue weighted by atomic mass is 10.2. The first kappa shape index (κ1) is 19.9. The molecule has 4 rings (SSSR count). The first-order valence-corrected chi connectivity index (χ1v) is 10.9. The molecule has 1 atom stereocenters. The van der Waals surface area contributed by atoms with Crippen LogP contribution in [0.4, 0.5) is 5.13 Å². The number of hydrogen-bond donors (Lipinski definition) is 1. The number of hydrogen-bond acceptors (Lipinski definition) is 11. The summed E-state index contributed by atoms with van der Waals surface area (Å²) in [6.07, 6.45) is 2.48. The molecule has 0 aliphatic carbocycles. The van der Waals surface area contributed by atoms with E-state index >= 15 is 0 Å². The van der Waals surface area contributed by atoms with Crippen molar-refractivity contribution in [1.29, 1.82) is 0 Å². The Kier molecular flexibility index (Phi) is 6.47. The van der Waals surface area contributed by atoms with Crippen LogP contribution in [0.2, 0.25) is 0 Å². The van der Waals surface area contributed by atoms with E-state index in [9.17, 15) is 0 Å². The number of methoxy groups -OCH3 is 2. The molecule has 29 heavy (non-hydrogen) atoms. The molecule has 154 valence electrons. The monoisotopic (exact) mass is 435 g/mol. The molecule has 11 heteroatoms.